The van der Waals surface area contributed by atoms with Gasteiger partial charge in [0.25, 0.3) is 0 Å². The molecule has 5 rings (SSSR count). The van der Waals surface area contributed by atoms with Gasteiger partial charge in [-0.3, -0.25) is 9.48 Å². The maximum Gasteiger partial charge on any atom is 0.228 e. The Labute approximate surface area is 182 Å². The highest BCUT2D eigenvalue weighted by molar-refractivity contribution is 5.82. The molecule has 2 aromatic carbocycles. The van der Waals surface area contributed by atoms with Crippen molar-refractivity contribution in [2.45, 2.75) is 12.0 Å². The molecular weight excluding hydrogens is 388 g/mol. The smallest absolute Gasteiger partial charge is 0.228 e. The van der Waals surface area contributed by atoms with Gasteiger partial charge in [-0.25, -0.2) is 0 Å². The van der Waals surface area contributed by atoms with E-state index in [2.05, 4.69) is 46.8 Å². The number of nitrogens with one attached hydrogen (secondary N) is 1. The van der Waals surface area contributed by atoms with Gasteiger partial charge in [0.2, 0.25) is 5.91 Å². The first-order chi connectivity index (χ1) is 15.2. The van der Waals surface area contributed by atoms with Gasteiger partial charge >= 0.3 is 0 Å². The lowest BCUT2D eigenvalue weighted by atomic mass is 9.83. The molecule has 6 heteroatoms. The highest BCUT2D eigenvalue weighted by Gasteiger charge is 2.40. The SMILES string of the molecule is Cn1cc(-c2ccccc2C2CNC[C@H]2C(=O)N2CCOC[C@@H]2c2ccccc2)cn1. The van der Waals surface area contributed by atoms with E-state index in [1.165, 1.54) is 5.56 Å². The first-order valence-electron chi connectivity index (χ1n) is 10.9. The average molecular weight is 417 g/mol. The van der Waals surface area contributed by atoms with E-state index in [9.17, 15) is 4.79 Å². The summed E-state index contributed by atoms with van der Waals surface area (Å²) in [5.74, 6) is 0.249. The summed E-state index contributed by atoms with van der Waals surface area (Å²) in [7, 11) is 1.93. The fourth-order valence-corrected chi connectivity index (χ4v) is 4.94. The molecule has 1 aromatic heterocycles. The van der Waals surface area contributed by atoms with Gasteiger partial charge in [-0.2, -0.15) is 5.10 Å². The van der Waals surface area contributed by atoms with Crippen molar-refractivity contribution < 1.29 is 9.53 Å². The molecule has 2 aliphatic heterocycles. The van der Waals surface area contributed by atoms with Crippen LogP contribution < -0.4 is 5.32 Å². The lowest BCUT2D eigenvalue weighted by Crippen LogP contribution is -2.47. The highest BCUT2D eigenvalue weighted by Crippen LogP contribution is 2.37. The first-order valence-corrected chi connectivity index (χ1v) is 10.9. The molecule has 0 spiro atoms. The molecule has 1 unspecified atom stereocenters. The Balaban J connectivity index is 1.45. The van der Waals surface area contributed by atoms with Crippen LogP contribution in [0, 0.1) is 5.92 Å². The van der Waals surface area contributed by atoms with Gasteiger partial charge in [0.05, 0.1) is 31.4 Å². The number of morpholine rings is 1. The van der Waals surface area contributed by atoms with Crippen molar-refractivity contribution in [3.05, 3.63) is 78.1 Å². The minimum absolute atomic E-state index is 0.0303. The molecule has 3 atom stereocenters. The Morgan fingerprint density at radius 2 is 1.90 bits per heavy atom. The summed E-state index contributed by atoms with van der Waals surface area (Å²) in [6.45, 7) is 3.27. The van der Waals surface area contributed by atoms with Crippen LogP contribution in [0.3, 0.4) is 0 Å². The van der Waals surface area contributed by atoms with E-state index in [1.807, 2.05) is 47.2 Å². The van der Waals surface area contributed by atoms with Crippen molar-refractivity contribution in [3.8, 4) is 11.1 Å². The van der Waals surface area contributed by atoms with Crippen LogP contribution >= 0.6 is 0 Å². The van der Waals surface area contributed by atoms with E-state index >= 15 is 0 Å². The van der Waals surface area contributed by atoms with Crippen LogP contribution in [-0.2, 0) is 16.6 Å². The fraction of sp³-hybridized carbons (Fsp3) is 0.360. The molecule has 0 aliphatic carbocycles. The predicted octanol–water partition coefficient (Wildman–Crippen LogP) is 2.99. The Morgan fingerprint density at radius 1 is 1.10 bits per heavy atom. The zero-order valence-electron chi connectivity index (χ0n) is 17.8. The second kappa shape index (κ2) is 8.65. The maximum atomic E-state index is 13.8. The van der Waals surface area contributed by atoms with Crippen molar-refractivity contribution in [3.63, 3.8) is 0 Å². The van der Waals surface area contributed by atoms with Crippen LogP contribution in [0.2, 0.25) is 0 Å². The number of hydrogen-bond donors (Lipinski definition) is 1. The van der Waals surface area contributed by atoms with Crippen molar-refractivity contribution >= 4 is 5.91 Å². The summed E-state index contributed by atoms with van der Waals surface area (Å²) in [5.41, 5.74) is 4.59. The van der Waals surface area contributed by atoms with Crippen LogP contribution in [0.15, 0.2) is 67.0 Å². The van der Waals surface area contributed by atoms with Crippen LogP contribution in [0.4, 0.5) is 0 Å². The third kappa shape index (κ3) is 3.89. The lowest BCUT2D eigenvalue weighted by molar-refractivity contribution is -0.144. The van der Waals surface area contributed by atoms with Crippen molar-refractivity contribution in [1.29, 1.82) is 0 Å². The number of carbonyl (C=O) groups excluding carboxylic acids is 1. The van der Waals surface area contributed by atoms with Gasteiger partial charge in [0.1, 0.15) is 0 Å². The summed E-state index contributed by atoms with van der Waals surface area (Å²) in [4.78, 5) is 15.9. The van der Waals surface area contributed by atoms with E-state index in [0.29, 0.717) is 26.3 Å². The van der Waals surface area contributed by atoms with Crippen LogP contribution in [-0.4, -0.2) is 53.4 Å². The number of aryl methyl sites for hydroxylation is 1. The number of ether oxygens (including phenoxy) is 1. The van der Waals surface area contributed by atoms with E-state index in [0.717, 1.165) is 23.2 Å². The molecular formula is C25H28N4O2. The van der Waals surface area contributed by atoms with Crippen LogP contribution in [0.1, 0.15) is 23.1 Å². The van der Waals surface area contributed by atoms with E-state index in [-0.39, 0.29) is 23.8 Å². The van der Waals surface area contributed by atoms with Gasteiger partial charge < -0.3 is 15.0 Å². The molecule has 0 radical (unpaired) electrons. The fourth-order valence-electron chi connectivity index (χ4n) is 4.94. The summed E-state index contributed by atoms with van der Waals surface area (Å²) in [5, 5.41) is 7.82. The number of aromatic nitrogens is 2. The second-order valence-electron chi connectivity index (χ2n) is 8.39. The zero-order chi connectivity index (χ0) is 21.2. The standard InChI is InChI=1S/C25H28N4O2/c1-28-16-19(13-27-28)20-9-5-6-10-21(20)22-14-26-15-23(22)25(30)29-11-12-31-17-24(29)18-7-3-2-4-8-18/h2-10,13,16,22-24,26H,11-12,14-15,17H2,1H3/t22?,23-,24-/m1/s1. The number of benzene rings is 2. The third-order valence-electron chi connectivity index (χ3n) is 6.50. The summed E-state index contributed by atoms with van der Waals surface area (Å²) in [6, 6.07) is 18.6. The number of rotatable bonds is 4. The predicted molar refractivity (Wildman–Crippen MR) is 119 cm³/mol. The molecule has 1 N–H and O–H groups in total. The summed E-state index contributed by atoms with van der Waals surface area (Å²) >= 11 is 0. The summed E-state index contributed by atoms with van der Waals surface area (Å²) in [6.07, 6.45) is 3.93. The Kier molecular flexibility index (Phi) is 5.57. The molecule has 6 nitrogen and oxygen atoms in total. The van der Waals surface area contributed by atoms with Crippen molar-refractivity contribution in [2.24, 2.45) is 13.0 Å². The van der Waals surface area contributed by atoms with Gasteiger partial charge in [-0.05, 0) is 16.7 Å². The average Bonchev–Trinajstić information content (AvgIpc) is 3.48. The number of carbonyl (C=O) groups is 1. The minimum atomic E-state index is -0.0952. The Morgan fingerprint density at radius 3 is 2.71 bits per heavy atom. The molecule has 3 aromatic rings. The molecule has 2 aliphatic rings. The van der Waals surface area contributed by atoms with E-state index in [4.69, 9.17) is 4.74 Å². The lowest BCUT2D eigenvalue weighted by Gasteiger charge is -2.38. The van der Waals surface area contributed by atoms with Crippen molar-refractivity contribution in [1.82, 2.24) is 20.0 Å². The molecule has 0 bridgehead atoms. The van der Waals surface area contributed by atoms with Crippen LogP contribution in [0.25, 0.3) is 11.1 Å². The topological polar surface area (TPSA) is 59.4 Å². The Hall–Kier alpha value is -2.96. The van der Waals surface area contributed by atoms with E-state index < -0.39 is 0 Å². The van der Waals surface area contributed by atoms with E-state index in [1.54, 1.807) is 0 Å². The number of hydrogen-bond acceptors (Lipinski definition) is 4. The molecule has 31 heavy (non-hydrogen) atoms. The zero-order valence-corrected chi connectivity index (χ0v) is 17.8. The monoisotopic (exact) mass is 416 g/mol. The van der Waals surface area contributed by atoms with Crippen molar-refractivity contribution in [2.75, 3.05) is 32.8 Å². The highest BCUT2D eigenvalue weighted by atomic mass is 16.5. The number of nitrogens with zero attached hydrogens (tertiary/aromatic N) is 3. The van der Waals surface area contributed by atoms with Gasteiger partial charge in [0.15, 0.2) is 0 Å². The molecule has 1 amide bonds. The molecule has 160 valence electrons. The van der Waals surface area contributed by atoms with Gasteiger partial charge in [-0.1, -0.05) is 54.6 Å². The van der Waals surface area contributed by atoms with Crippen LogP contribution in [0.5, 0.6) is 0 Å². The largest absolute Gasteiger partial charge is 0.377 e. The molecule has 0 saturated carbocycles. The quantitative estimate of drug-likeness (QED) is 0.710. The first kappa shape index (κ1) is 20.0. The summed E-state index contributed by atoms with van der Waals surface area (Å²) < 4.78 is 7.57. The normalized spacial score (nSPS) is 23.8. The van der Waals surface area contributed by atoms with Gasteiger partial charge in [-0.15, -0.1) is 0 Å². The molecule has 2 saturated heterocycles. The third-order valence-corrected chi connectivity index (χ3v) is 6.50. The minimum Gasteiger partial charge on any atom is -0.377 e. The maximum absolute atomic E-state index is 13.8. The molecule has 2 fully saturated rings. The second-order valence-corrected chi connectivity index (χ2v) is 8.39. The van der Waals surface area contributed by atoms with Gasteiger partial charge in [0, 0.05) is 44.4 Å². The number of amides is 1. The Bertz CT molecular complexity index is 1050. The molecule has 3 heterocycles.